The fourth-order valence-corrected chi connectivity index (χ4v) is 5.68. The zero-order valence-corrected chi connectivity index (χ0v) is 21.4. The van der Waals surface area contributed by atoms with Crippen LogP contribution in [0.15, 0.2) is 130 Å². The Morgan fingerprint density at radius 1 is 0.368 bits per heavy atom. The normalized spacial score (nSPS) is 11.4. The zero-order valence-electron chi connectivity index (χ0n) is 21.4. The van der Waals surface area contributed by atoms with Crippen molar-refractivity contribution in [1.82, 2.24) is 0 Å². The van der Waals surface area contributed by atoms with Crippen molar-refractivity contribution < 1.29 is 8.83 Å². The van der Waals surface area contributed by atoms with Crippen LogP contribution in [-0.4, -0.2) is 0 Å². The zero-order chi connectivity index (χ0) is 25.6. The Bertz CT molecular complexity index is 1750. The summed E-state index contributed by atoms with van der Waals surface area (Å²) in [5.74, 6) is 1.77. The van der Waals surface area contributed by atoms with Gasteiger partial charge in [0.1, 0.15) is 22.7 Å². The standard InChI is InChI=1S/C36H26O2/c1-23-29-31(25-15-7-3-8-16-25)35(27-19-11-5-12-20-27)38-34(29)24(2)30-32(26-17-9-4-10-18-26)36(37-33(23)30)28-21-13-6-14-22-28/h3-22H,1-2H3. The molecule has 0 aliphatic carbocycles. The molecule has 2 heterocycles. The summed E-state index contributed by atoms with van der Waals surface area (Å²) in [6.07, 6.45) is 0. The third-order valence-electron chi connectivity index (χ3n) is 7.44. The highest BCUT2D eigenvalue weighted by molar-refractivity contribution is 6.16. The number of aryl methyl sites for hydroxylation is 2. The largest absolute Gasteiger partial charge is 0.455 e. The van der Waals surface area contributed by atoms with E-state index < -0.39 is 0 Å². The molecule has 2 aromatic heterocycles. The molecule has 7 rings (SSSR count). The molecule has 0 saturated heterocycles. The van der Waals surface area contributed by atoms with Crippen LogP contribution in [0.4, 0.5) is 0 Å². The molecule has 0 amide bonds. The van der Waals surface area contributed by atoms with Crippen LogP contribution in [0.1, 0.15) is 11.1 Å². The van der Waals surface area contributed by atoms with E-state index >= 15 is 0 Å². The molecule has 0 N–H and O–H groups in total. The van der Waals surface area contributed by atoms with Crippen LogP contribution >= 0.6 is 0 Å². The number of benzene rings is 5. The first-order valence-electron chi connectivity index (χ1n) is 13.0. The smallest absolute Gasteiger partial charge is 0.143 e. The lowest BCUT2D eigenvalue weighted by Crippen LogP contribution is -1.87. The van der Waals surface area contributed by atoms with Gasteiger partial charge in [-0.15, -0.1) is 0 Å². The third kappa shape index (κ3) is 3.42. The Balaban J connectivity index is 1.65. The minimum atomic E-state index is 0.884. The predicted octanol–water partition coefficient (Wildman–Crippen LogP) is 10.5. The molecule has 7 aromatic rings. The number of furan rings is 2. The minimum Gasteiger partial charge on any atom is -0.455 e. The van der Waals surface area contributed by atoms with Crippen LogP contribution in [-0.2, 0) is 0 Å². The van der Waals surface area contributed by atoms with Gasteiger partial charge in [0, 0.05) is 44.2 Å². The first-order valence-corrected chi connectivity index (χ1v) is 13.0. The van der Waals surface area contributed by atoms with Gasteiger partial charge < -0.3 is 8.83 Å². The molecule has 0 spiro atoms. The Labute approximate surface area is 221 Å². The summed E-state index contributed by atoms with van der Waals surface area (Å²) in [5.41, 5.74) is 10.6. The van der Waals surface area contributed by atoms with Crippen molar-refractivity contribution in [3.63, 3.8) is 0 Å². The average molecular weight is 491 g/mol. The molecule has 0 fully saturated rings. The van der Waals surface area contributed by atoms with E-state index in [-0.39, 0.29) is 0 Å². The van der Waals surface area contributed by atoms with Gasteiger partial charge >= 0.3 is 0 Å². The van der Waals surface area contributed by atoms with E-state index in [2.05, 4.69) is 123 Å². The lowest BCUT2D eigenvalue weighted by molar-refractivity contribution is 0.625. The van der Waals surface area contributed by atoms with Gasteiger partial charge in [-0.25, -0.2) is 0 Å². The molecule has 5 aromatic carbocycles. The van der Waals surface area contributed by atoms with Gasteiger partial charge in [0.25, 0.3) is 0 Å². The van der Waals surface area contributed by atoms with Gasteiger partial charge in [-0.1, -0.05) is 121 Å². The predicted molar refractivity (Wildman–Crippen MR) is 157 cm³/mol. The fraction of sp³-hybridized carbons (Fsp3) is 0.0556. The lowest BCUT2D eigenvalue weighted by Gasteiger charge is -2.08. The Kier molecular flexibility index (Phi) is 5.26. The number of fused-ring (bicyclic) bond motifs is 2. The third-order valence-corrected chi connectivity index (χ3v) is 7.44. The van der Waals surface area contributed by atoms with Gasteiger partial charge in [-0.05, 0) is 25.0 Å². The van der Waals surface area contributed by atoms with Crippen LogP contribution in [0.5, 0.6) is 0 Å². The maximum Gasteiger partial charge on any atom is 0.143 e. The number of rotatable bonds is 4. The lowest BCUT2D eigenvalue weighted by atomic mass is 9.91. The van der Waals surface area contributed by atoms with Crippen LogP contribution in [0.3, 0.4) is 0 Å². The van der Waals surface area contributed by atoms with E-state index in [1.54, 1.807) is 0 Å². The van der Waals surface area contributed by atoms with E-state index in [4.69, 9.17) is 8.83 Å². The van der Waals surface area contributed by atoms with Gasteiger partial charge in [-0.3, -0.25) is 0 Å². The van der Waals surface area contributed by atoms with E-state index in [1.807, 2.05) is 12.1 Å². The van der Waals surface area contributed by atoms with Gasteiger partial charge in [0.15, 0.2) is 0 Å². The van der Waals surface area contributed by atoms with Crippen molar-refractivity contribution in [2.24, 2.45) is 0 Å². The van der Waals surface area contributed by atoms with E-state index in [0.717, 1.165) is 78.0 Å². The summed E-state index contributed by atoms with van der Waals surface area (Å²) in [4.78, 5) is 0. The van der Waals surface area contributed by atoms with Gasteiger partial charge in [0.2, 0.25) is 0 Å². The molecule has 0 radical (unpaired) electrons. The maximum atomic E-state index is 6.82. The minimum absolute atomic E-state index is 0.884. The van der Waals surface area contributed by atoms with Crippen LogP contribution in [0, 0.1) is 13.8 Å². The van der Waals surface area contributed by atoms with Crippen molar-refractivity contribution in [2.75, 3.05) is 0 Å². The first-order chi connectivity index (χ1) is 18.7. The van der Waals surface area contributed by atoms with Gasteiger partial charge in [0.05, 0.1) is 0 Å². The van der Waals surface area contributed by atoms with Gasteiger partial charge in [-0.2, -0.15) is 0 Å². The number of hydrogen-bond acceptors (Lipinski definition) is 2. The van der Waals surface area contributed by atoms with Crippen LogP contribution in [0.2, 0.25) is 0 Å². The highest BCUT2D eigenvalue weighted by Gasteiger charge is 2.28. The fourth-order valence-electron chi connectivity index (χ4n) is 5.68. The van der Waals surface area contributed by atoms with E-state index in [0.29, 0.717) is 0 Å². The topological polar surface area (TPSA) is 26.3 Å². The summed E-state index contributed by atoms with van der Waals surface area (Å²) >= 11 is 0. The summed E-state index contributed by atoms with van der Waals surface area (Å²) in [6.45, 7) is 4.32. The Morgan fingerprint density at radius 2 is 0.658 bits per heavy atom. The van der Waals surface area contributed by atoms with E-state index in [1.165, 1.54) is 0 Å². The second-order valence-corrected chi connectivity index (χ2v) is 9.73. The molecular weight excluding hydrogens is 464 g/mol. The molecule has 0 aliphatic rings. The highest BCUT2D eigenvalue weighted by atomic mass is 16.3. The highest BCUT2D eigenvalue weighted by Crippen LogP contribution is 2.50. The summed E-state index contributed by atoms with van der Waals surface area (Å²) in [7, 11) is 0. The van der Waals surface area contributed by atoms with Crippen molar-refractivity contribution in [2.45, 2.75) is 13.8 Å². The Morgan fingerprint density at radius 3 is 0.974 bits per heavy atom. The second kappa shape index (κ2) is 8.93. The van der Waals surface area contributed by atoms with Crippen molar-refractivity contribution in [1.29, 1.82) is 0 Å². The molecule has 0 atom stereocenters. The molecule has 0 aliphatic heterocycles. The van der Waals surface area contributed by atoms with Crippen molar-refractivity contribution in [3.8, 4) is 44.9 Å². The SMILES string of the molecule is Cc1c2oc(-c3ccccc3)c(-c3ccccc3)c2c(C)c2oc(-c3ccccc3)c(-c3ccccc3)c12. The summed E-state index contributed by atoms with van der Waals surface area (Å²) in [6, 6.07) is 41.8. The molecule has 38 heavy (non-hydrogen) atoms. The quantitative estimate of drug-likeness (QED) is 0.245. The molecule has 0 unspecified atom stereocenters. The average Bonchev–Trinajstić information content (AvgIpc) is 3.59. The molecule has 0 saturated carbocycles. The van der Waals surface area contributed by atoms with E-state index in [9.17, 15) is 0 Å². The molecule has 0 bridgehead atoms. The molecule has 182 valence electrons. The monoisotopic (exact) mass is 490 g/mol. The molecular formula is C36H26O2. The summed E-state index contributed by atoms with van der Waals surface area (Å²) < 4.78 is 13.6. The Hall–Kier alpha value is -4.82. The molecule has 2 nitrogen and oxygen atoms in total. The first kappa shape index (κ1) is 22.4. The number of hydrogen-bond donors (Lipinski definition) is 0. The van der Waals surface area contributed by atoms with Crippen molar-refractivity contribution in [3.05, 3.63) is 132 Å². The van der Waals surface area contributed by atoms with Crippen molar-refractivity contribution >= 4 is 21.9 Å². The maximum absolute atomic E-state index is 6.82. The molecule has 2 heteroatoms. The van der Waals surface area contributed by atoms with Crippen LogP contribution in [0.25, 0.3) is 66.8 Å². The second-order valence-electron chi connectivity index (χ2n) is 9.73. The van der Waals surface area contributed by atoms with Crippen LogP contribution < -0.4 is 0 Å². The summed E-state index contributed by atoms with van der Waals surface area (Å²) in [5, 5.41) is 2.21.